The zero-order valence-corrected chi connectivity index (χ0v) is 22.1. The minimum absolute atomic E-state index is 0.452. The van der Waals surface area contributed by atoms with Gasteiger partial charge in [-0.15, -0.1) is 0 Å². The van der Waals surface area contributed by atoms with Crippen molar-refractivity contribution >= 4 is 22.3 Å². The molecule has 0 spiro atoms. The van der Waals surface area contributed by atoms with Crippen LogP contribution in [0.4, 0.5) is 11.5 Å². The molecule has 7 heteroatoms. The summed E-state index contributed by atoms with van der Waals surface area (Å²) >= 11 is 0. The fourth-order valence-corrected chi connectivity index (χ4v) is 6.99. The zero-order chi connectivity index (χ0) is 24.9. The third-order valence-corrected chi connectivity index (χ3v) is 9.15. The van der Waals surface area contributed by atoms with Crippen molar-refractivity contribution in [3.8, 4) is 6.01 Å². The number of nitrogens with zero attached hydrogens (tertiary/aromatic N) is 5. The Labute approximate surface area is 219 Å². The largest absolute Gasteiger partial charge is 0.462 e. The normalized spacial score (nSPS) is 25.6. The maximum Gasteiger partial charge on any atom is 0.318 e. The number of piperidine rings is 2. The Hall–Kier alpha value is -2.90. The van der Waals surface area contributed by atoms with Gasteiger partial charge in [-0.25, -0.2) is 0 Å². The van der Waals surface area contributed by atoms with E-state index in [1.807, 2.05) is 0 Å². The van der Waals surface area contributed by atoms with E-state index in [0.717, 1.165) is 50.7 Å². The van der Waals surface area contributed by atoms with Gasteiger partial charge < -0.3 is 24.8 Å². The lowest BCUT2D eigenvalue weighted by atomic mass is 9.92. The highest BCUT2D eigenvalue weighted by atomic mass is 16.5. The van der Waals surface area contributed by atoms with Gasteiger partial charge in [0.05, 0.1) is 12.2 Å². The summed E-state index contributed by atoms with van der Waals surface area (Å²) in [5.41, 5.74) is 5.08. The number of benzene rings is 2. The summed E-state index contributed by atoms with van der Waals surface area (Å²) in [5.74, 6) is 1.13. The van der Waals surface area contributed by atoms with Crippen molar-refractivity contribution in [3.63, 3.8) is 0 Å². The van der Waals surface area contributed by atoms with Crippen molar-refractivity contribution in [2.75, 3.05) is 49.6 Å². The molecule has 6 heterocycles. The third kappa shape index (κ3) is 4.22. The van der Waals surface area contributed by atoms with Crippen LogP contribution < -0.4 is 19.9 Å². The monoisotopic (exact) mass is 498 g/mol. The van der Waals surface area contributed by atoms with E-state index in [1.54, 1.807) is 0 Å². The van der Waals surface area contributed by atoms with Crippen LogP contribution in [0.15, 0.2) is 36.4 Å². The number of anilines is 2. The van der Waals surface area contributed by atoms with Gasteiger partial charge in [-0.1, -0.05) is 30.3 Å². The highest BCUT2D eigenvalue weighted by Gasteiger charge is 2.37. The second-order valence-corrected chi connectivity index (χ2v) is 11.5. The van der Waals surface area contributed by atoms with E-state index in [9.17, 15) is 0 Å². The summed E-state index contributed by atoms with van der Waals surface area (Å²) in [4.78, 5) is 17.6. The minimum Gasteiger partial charge on any atom is -0.462 e. The number of fused-ring (bicyclic) bond motifs is 5. The number of ether oxygens (including phenoxy) is 1. The molecule has 0 radical (unpaired) electrons. The van der Waals surface area contributed by atoms with Crippen molar-refractivity contribution in [2.45, 2.75) is 63.7 Å². The van der Waals surface area contributed by atoms with Crippen LogP contribution in [-0.4, -0.2) is 72.8 Å². The molecule has 8 rings (SSSR count). The quantitative estimate of drug-likeness (QED) is 0.572. The molecule has 1 aromatic heterocycles. The van der Waals surface area contributed by atoms with Gasteiger partial charge in [0.2, 0.25) is 0 Å². The maximum absolute atomic E-state index is 6.34. The SMILES string of the molecule is Cc1cccc2cccc(N3CCc4c(nc(OCC5CCCN5C)nc4N4CC5CCC4CN5)C3)c12. The molecule has 3 atom stereocenters. The molecule has 0 saturated carbocycles. The van der Waals surface area contributed by atoms with Crippen LogP contribution in [0.5, 0.6) is 6.01 Å². The van der Waals surface area contributed by atoms with Gasteiger partial charge in [-0.05, 0) is 69.6 Å². The second-order valence-electron chi connectivity index (χ2n) is 11.5. The lowest BCUT2D eigenvalue weighted by Crippen LogP contribution is -2.61. The first-order valence-corrected chi connectivity index (χ1v) is 14.1. The molecular formula is C30H38N6O. The number of hydrogen-bond donors (Lipinski definition) is 1. The number of piperazine rings is 1. The van der Waals surface area contributed by atoms with E-state index in [4.69, 9.17) is 14.7 Å². The number of likely N-dealkylation sites (N-methyl/N-ethyl adjacent to an activating group) is 1. The third-order valence-electron chi connectivity index (χ3n) is 9.15. The Balaban J connectivity index is 1.24. The van der Waals surface area contributed by atoms with Crippen molar-refractivity contribution in [3.05, 3.63) is 53.2 Å². The smallest absolute Gasteiger partial charge is 0.318 e. The molecule has 37 heavy (non-hydrogen) atoms. The van der Waals surface area contributed by atoms with Gasteiger partial charge >= 0.3 is 6.01 Å². The predicted molar refractivity (Wildman–Crippen MR) is 149 cm³/mol. The molecule has 2 aromatic carbocycles. The zero-order valence-electron chi connectivity index (χ0n) is 22.1. The molecular weight excluding hydrogens is 460 g/mol. The van der Waals surface area contributed by atoms with E-state index in [1.165, 1.54) is 53.3 Å². The van der Waals surface area contributed by atoms with Crippen molar-refractivity contribution in [2.24, 2.45) is 0 Å². The molecule has 0 aliphatic carbocycles. The maximum atomic E-state index is 6.34. The molecule has 4 fully saturated rings. The van der Waals surface area contributed by atoms with Crippen LogP contribution in [0.1, 0.15) is 42.5 Å². The fraction of sp³-hybridized carbons (Fsp3) is 0.533. The molecule has 4 saturated heterocycles. The van der Waals surface area contributed by atoms with Gasteiger partial charge in [0.25, 0.3) is 0 Å². The molecule has 5 aliphatic heterocycles. The van der Waals surface area contributed by atoms with Gasteiger partial charge in [0.1, 0.15) is 12.4 Å². The summed E-state index contributed by atoms with van der Waals surface area (Å²) < 4.78 is 6.34. The Kier molecular flexibility index (Phi) is 5.93. The summed E-state index contributed by atoms with van der Waals surface area (Å²) in [6, 6.07) is 15.3. The first-order chi connectivity index (χ1) is 18.1. The number of rotatable bonds is 5. The van der Waals surface area contributed by atoms with E-state index in [0.29, 0.717) is 30.7 Å². The minimum atomic E-state index is 0.452. The standard InChI is InChI=1S/C30H38N6O/c1-20-6-3-7-21-8-4-10-27(28(20)21)35-15-13-25-26(18-35)32-30(37-19-24-9-5-14-34(24)2)33-29(25)36-17-22-11-12-23(36)16-31-22/h3-4,6-8,10,22-24,31H,5,9,11-19H2,1-2H3. The Morgan fingerprint density at radius 1 is 1.05 bits per heavy atom. The Morgan fingerprint density at radius 2 is 1.95 bits per heavy atom. The Morgan fingerprint density at radius 3 is 2.70 bits per heavy atom. The van der Waals surface area contributed by atoms with E-state index in [-0.39, 0.29) is 0 Å². The van der Waals surface area contributed by atoms with Crippen LogP contribution in [0.25, 0.3) is 10.8 Å². The number of nitrogens with one attached hydrogen (secondary N) is 1. The molecule has 0 amide bonds. The van der Waals surface area contributed by atoms with Crippen LogP contribution in [0.3, 0.4) is 0 Å². The van der Waals surface area contributed by atoms with Gasteiger partial charge in [0, 0.05) is 54.4 Å². The average Bonchev–Trinajstić information content (AvgIpc) is 3.36. The summed E-state index contributed by atoms with van der Waals surface area (Å²) in [7, 11) is 2.20. The topological polar surface area (TPSA) is 56.8 Å². The summed E-state index contributed by atoms with van der Waals surface area (Å²) in [5, 5.41) is 6.35. The molecule has 5 aliphatic rings. The summed E-state index contributed by atoms with van der Waals surface area (Å²) in [6.07, 6.45) is 5.88. The van der Waals surface area contributed by atoms with Crippen molar-refractivity contribution < 1.29 is 4.74 Å². The molecule has 3 aromatic rings. The van der Waals surface area contributed by atoms with Crippen LogP contribution in [0, 0.1) is 6.92 Å². The van der Waals surface area contributed by atoms with E-state index in [2.05, 4.69) is 70.4 Å². The molecule has 1 N–H and O–H groups in total. The summed E-state index contributed by atoms with van der Waals surface area (Å²) in [6.45, 7) is 7.87. The number of aryl methyl sites for hydroxylation is 1. The van der Waals surface area contributed by atoms with E-state index >= 15 is 0 Å². The van der Waals surface area contributed by atoms with E-state index < -0.39 is 0 Å². The molecule has 7 nitrogen and oxygen atoms in total. The molecule has 194 valence electrons. The highest BCUT2D eigenvalue weighted by molar-refractivity contribution is 5.97. The van der Waals surface area contributed by atoms with Crippen LogP contribution >= 0.6 is 0 Å². The number of likely N-dealkylation sites (tertiary alicyclic amines) is 1. The van der Waals surface area contributed by atoms with Crippen molar-refractivity contribution in [1.82, 2.24) is 20.2 Å². The van der Waals surface area contributed by atoms with Crippen molar-refractivity contribution in [1.29, 1.82) is 0 Å². The lowest BCUT2D eigenvalue weighted by Gasteiger charge is -2.47. The fourth-order valence-electron chi connectivity index (χ4n) is 6.99. The van der Waals surface area contributed by atoms with Gasteiger partial charge in [-0.2, -0.15) is 9.97 Å². The number of hydrogen-bond acceptors (Lipinski definition) is 7. The second kappa shape index (κ2) is 9.44. The molecule has 2 bridgehead atoms. The average molecular weight is 499 g/mol. The van der Waals surface area contributed by atoms with Crippen LogP contribution in [-0.2, 0) is 13.0 Å². The lowest BCUT2D eigenvalue weighted by molar-refractivity contribution is 0.187. The first-order valence-electron chi connectivity index (χ1n) is 14.1. The van der Waals surface area contributed by atoms with Crippen LogP contribution in [0.2, 0.25) is 0 Å². The first kappa shape index (κ1) is 23.2. The highest BCUT2D eigenvalue weighted by Crippen LogP contribution is 2.37. The number of aromatic nitrogens is 2. The molecule has 3 unspecified atom stereocenters. The predicted octanol–water partition coefficient (Wildman–Crippen LogP) is 3.91. The Bertz CT molecular complexity index is 1300. The van der Waals surface area contributed by atoms with Gasteiger partial charge in [0.15, 0.2) is 0 Å². The van der Waals surface area contributed by atoms with Gasteiger partial charge in [-0.3, -0.25) is 0 Å².